The van der Waals surface area contributed by atoms with E-state index >= 15 is 0 Å². The van der Waals surface area contributed by atoms with Crippen molar-refractivity contribution in [3.63, 3.8) is 0 Å². The monoisotopic (exact) mass is 346 g/mol. The SMILES string of the molecule is Cc1c(NC(O)c2ccc(C3CC3)cc2F)cc(F)cc1B(O)N=O. The summed E-state index contributed by atoms with van der Waals surface area (Å²) in [5.41, 5.74) is 1.38. The third-order valence-electron chi connectivity index (χ3n) is 4.45. The van der Waals surface area contributed by atoms with Crippen molar-refractivity contribution in [2.24, 2.45) is 5.09 Å². The van der Waals surface area contributed by atoms with Crippen molar-refractivity contribution in [1.82, 2.24) is 0 Å². The molecule has 0 heterocycles. The maximum atomic E-state index is 14.3. The summed E-state index contributed by atoms with van der Waals surface area (Å²) in [6, 6.07) is 6.75. The Bertz CT molecular complexity index is 815. The molecule has 2 aromatic rings. The summed E-state index contributed by atoms with van der Waals surface area (Å²) in [5, 5.41) is 24.9. The van der Waals surface area contributed by atoms with E-state index in [0.29, 0.717) is 11.5 Å². The second-order valence-corrected chi connectivity index (χ2v) is 6.25. The van der Waals surface area contributed by atoms with Crippen molar-refractivity contribution in [2.75, 3.05) is 5.32 Å². The van der Waals surface area contributed by atoms with Crippen LogP contribution in [0.2, 0.25) is 0 Å². The zero-order chi connectivity index (χ0) is 18.1. The Kier molecular flexibility index (Phi) is 4.83. The molecule has 0 radical (unpaired) electrons. The quantitative estimate of drug-likeness (QED) is 0.427. The minimum Gasteiger partial charge on any atom is -0.425 e. The minimum atomic E-state index is -1.72. The van der Waals surface area contributed by atoms with Gasteiger partial charge in [-0.15, -0.1) is 0 Å². The van der Waals surface area contributed by atoms with Gasteiger partial charge in [0, 0.05) is 11.3 Å². The number of hydrogen-bond donors (Lipinski definition) is 3. The minimum absolute atomic E-state index is 0.0192. The van der Waals surface area contributed by atoms with Crippen molar-refractivity contribution < 1.29 is 18.9 Å². The standard InChI is InChI=1S/C17H17BF2N2O3/c1-9-14(18(24)22-25)7-12(19)8-16(9)21-17(23)13-5-4-11(6-15(13)20)10-2-3-10/h4-8,10,17,21,23-24H,2-3H2,1H3. The highest BCUT2D eigenvalue weighted by molar-refractivity contribution is 6.65. The van der Waals surface area contributed by atoms with Crippen LogP contribution < -0.4 is 10.8 Å². The summed E-state index contributed by atoms with van der Waals surface area (Å²) in [7, 11) is -1.72. The average Bonchev–Trinajstić information content (AvgIpc) is 3.41. The van der Waals surface area contributed by atoms with Gasteiger partial charge < -0.3 is 15.4 Å². The molecule has 0 spiro atoms. The predicted molar refractivity (Wildman–Crippen MR) is 91.5 cm³/mol. The van der Waals surface area contributed by atoms with Crippen LogP contribution in [0.25, 0.3) is 0 Å². The van der Waals surface area contributed by atoms with Crippen molar-refractivity contribution >= 4 is 18.2 Å². The first kappa shape index (κ1) is 17.5. The molecule has 1 aliphatic carbocycles. The number of nitrogens with zero attached hydrogens (tertiary/aromatic N) is 1. The van der Waals surface area contributed by atoms with Gasteiger partial charge in [-0.2, -0.15) is 4.91 Å². The molecule has 0 saturated heterocycles. The number of hydrogen-bond acceptors (Lipinski definition) is 5. The Morgan fingerprint density at radius 2 is 2.00 bits per heavy atom. The van der Waals surface area contributed by atoms with Crippen LogP contribution in [0.3, 0.4) is 0 Å². The van der Waals surface area contributed by atoms with Gasteiger partial charge in [-0.05, 0) is 60.5 Å². The van der Waals surface area contributed by atoms with E-state index in [-0.39, 0.29) is 16.7 Å². The predicted octanol–water partition coefficient (Wildman–Crippen LogP) is 2.71. The smallest absolute Gasteiger partial charge is 0.425 e. The van der Waals surface area contributed by atoms with Gasteiger partial charge >= 0.3 is 7.05 Å². The van der Waals surface area contributed by atoms with Gasteiger partial charge in [0.15, 0.2) is 6.23 Å². The molecule has 5 nitrogen and oxygen atoms in total. The molecule has 130 valence electrons. The molecule has 25 heavy (non-hydrogen) atoms. The second kappa shape index (κ2) is 6.89. The van der Waals surface area contributed by atoms with Crippen LogP contribution in [0.4, 0.5) is 14.5 Å². The summed E-state index contributed by atoms with van der Waals surface area (Å²) in [4.78, 5) is 10.5. The topological polar surface area (TPSA) is 81.9 Å². The molecule has 1 fully saturated rings. The number of nitrogens with one attached hydrogen (secondary N) is 1. The summed E-state index contributed by atoms with van der Waals surface area (Å²) < 4.78 is 28.0. The van der Waals surface area contributed by atoms with Crippen molar-refractivity contribution in [3.05, 3.63) is 63.6 Å². The lowest BCUT2D eigenvalue weighted by Crippen LogP contribution is -2.31. The van der Waals surface area contributed by atoms with E-state index in [1.54, 1.807) is 6.07 Å². The Hall–Kier alpha value is -2.32. The number of rotatable bonds is 6. The average molecular weight is 346 g/mol. The zero-order valence-corrected chi connectivity index (χ0v) is 13.5. The van der Waals surface area contributed by atoms with Gasteiger partial charge in [0.25, 0.3) is 0 Å². The molecule has 0 aromatic heterocycles. The molecule has 0 amide bonds. The maximum absolute atomic E-state index is 14.3. The largest absolute Gasteiger partial charge is 0.517 e. The van der Waals surface area contributed by atoms with Crippen LogP contribution in [0, 0.1) is 23.5 Å². The first-order chi connectivity index (χ1) is 11.9. The number of aliphatic hydroxyl groups excluding tert-OH is 1. The fourth-order valence-corrected chi connectivity index (χ4v) is 2.84. The second-order valence-electron chi connectivity index (χ2n) is 6.25. The summed E-state index contributed by atoms with van der Waals surface area (Å²) in [6.07, 6.45) is 0.665. The van der Waals surface area contributed by atoms with Gasteiger partial charge in [-0.3, -0.25) is 0 Å². The molecule has 1 saturated carbocycles. The fraction of sp³-hybridized carbons (Fsp3) is 0.294. The molecule has 1 aliphatic rings. The first-order valence-electron chi connectivity index (χ1n) is 7.95. The molecule has 3 rings (SSSR count). The molecular weight excluding hydrogens is 329 g/mol. The summed E-state index contributed by atoms with van der Waals surface area (Å²) >= 11 is 0. The molecular formula is C17H17BF2N2O3. The Labute approximate surface area is 143 Å². The zero-order valence-electron chi connectivity index (χ0n) is 13.5. The highest BCUT2D eigenvalue weighted by Gasteiger charge is 2.26. The van der Waals surface area contributed by atoms with Crippen LogP contribution in [-0.2, 0) is 0 Å². The van der Waals surface area contributed by atoms with E-state index in [4.69, 9.17) is 0 Å². The van der Waals surface area contributed by atoms with Gasteiger partial charge in [0.05, 0.1) is 0 Å². The number of halogens is 2. The van der Waals surface area contributed by atoms with Crippen molar-refractivity contribution in [1.29, 1.82) is 0 Å². The van der Waals surface area contributed by atoms with E-state index in [0.717, 1.165) is 30.5 Å². The van der Waals surface area contributed by atoms with Crippen LogP contribution in [-0.4, -0.2) is 17.2 Å². The van der Waals surface area contributed by atoms with Crippen molar-refractivity contribution in [3.8, 4) is 0 Å². The van der Waals surface area contributed by atoms with E-state index in [1.807, 2.05) is 0 Å². The lowest BCUT2D eigenvalue weighted by molar-refractivity contribution is 0.203. The summed E-state index contributed by atoms with van der Waals surface area (Å²) in [5.74, 6) is -0.880. The van der Waals surface area contributed by atoms with Gasteiger partial charge in [0.2, 0.25) is 0 Å². The van der Waals surface area contributed by atoms with E-state index in [9.17, 15) is 23.8 Å². The molecule has 3 N–H and O–H groups in total. The van der Waals surface area contributed by atoms with Gasteiger partial charge in [-0.25, -0.2) is 8.78 Å². The lowest BCUT2D eigenvalue weighted by Gasteiger charge is -2.19. The van der Waals surface area contributed by atoms with Gasteiger partial charge in [0.1, 0.15) is 11.6 Å². The Balaban J connectivity index is 1.86. The highest BCUT2D eigenvalue weighted by Crippen LogP contribution is 2.40. The highest BCUT2D eigenvalue weighted by atomic mass is 19.1. The fourth-order valence-electron chi connectivity index (χ4n) is 2.84. The number of aliphatic hydroxyl groups is 1. The van der Waals surface area contributed by atoms with E-state index in [2.05, 4.69) is 10.4 Å². The third kappa shape index (κ3) is 3.70. The van der Waals surface area contributed by atoms with Crippen molar-refractivity contribution in [2.45, 2.75) is 31.9 Å². The number of benzene rings is 2. The van der Waals surface area contributed by atoms with Gasteiger partial charge in [-0.1, -0.05) is 17.2 Å². The van der Waals surface area contributed by atoms with Crippen LogP contribution in [0.5, 0.6) is 0 Å². The number of nitroso groups, excluding NO2 is 1. The van der Waals surface area contributed by atoms with Crippen LogP contribution >= 0.6 is 0 Å². The van der Waals surface area contributed by atoms with E-state index in [1.165, 1.54) is 19.1 Å². The van der Waals surface area contributed by atoms with Crippen LogP contribution in [0.15, 0.2) is 35.4 Å². The van der Waals surface area contributed by atoms with E-state index < -0.39 is 24.9 Å². The normalized spacial score (nSPS) is 14.9. The molecule has 0 aliphatic heterocycles. The maximum Gasteiger partial charge on any atom is 0.517 e. The Morgan fingerprint density at radius 3 is 2.60 bits per heavy atom. The van der Waals surface area contributed by atoms with Crippen LogP contribution in [0.1, 0.15) is 41.7 Å². The molecule has 2 aromatic carbocycles. The lowest BCUT2D eigenvalue weighted by atomic mass is 9.73. The summed E-state index contributed by atoms with van der Waals surface area (Å²) in [6.45, 7) is 1.53. The molecule has 8 heteroatoms. The third-order valence-corrected chi connectivity index (χ3v) is 4.45. The number of anilines is 1. The molecule has 0 bridgehead atoms. The first-order valence-corrected chi connectivity index (χ1v) is 7.95. The molecule has 1 atom stereocenters. The Morgan fingerprint density at radius 1 is 1.28 bits per heavy atom. The molecule has 1 unspecified atom stereocenters.